The minimum Gasteiger partial charge on any atom is -0.368 e. The second kappa shape index (κ2) is 6.97. The van der Waals surface area contributed by atoms with E-state index in [-0.39, 0.29) is 5.91 Å². The number of piperazine rings is 1. The SMILES string of the molecule is C[C@@H]1CCn2c(nc3cc(C(=O)N4CCN(c5ccccc5)CC4)ccc32)C1. The summed E-state index contributed by atoms with van der Waals surface area (Å²) in [5.41, 5.74) is 4.10. The summed E-state index contributed by atoms with van der Waals surface area (Å²) >= 11 is 0. The number of anilines is 1. The third-order valence-corrected chi connectivity index (χ3v) is 6.14. The summed E-state index contributed by atoms with van der Waals surface area (Å²) in [6.45, 7) is 6.56. The van der Waals surface area contributed by atoms with Gasteiger partial charge < -0.3 is 14.4 Å². The zero-order valence-corrected chi connectivity index (χ0v) is 16.3. The molecule has 0 radical (unpaired) electrons. The lowest BCUT2D eigenvalue weighted by atomic mass is 10.0. The molecule has 5 heteroatoms. The molecule has 5 rings (SSSR count). The number of carbonyl (C=O) groups excluding carboxylic acids is 1. The molecule has 1 atom stereocenters. The smallest absolute Gasteiger partial charge is 0.254 e. The second-order valence-corrected chi connectivity index (χ2v) is 8.10. The Bertz CT molecular complexity index is 1000. The Labute approximate surface area is 165 Å². The van der Waals surface area contributed by atoms with Crippen molar-refractivity contribution in [1.29, 1.82) is 0 Å². The lowest BCUT2D eigenvalue weighted by molar-refractivity contribution is 0.0747. The van der Waals surface area contributed by atoms with Gasteiger partial charge in [0.2, 0.25) is 0 Å². The third-order valence-electron chi connectivity index (χ3n) is 6.14. The summed E-state index contributed by atoms with van der Waals surface area (Å²) in [5, 5.41) is 0. The molecule has 2 aromatic carbocycles. The average molecular weight is 374 g/mol. The molecule has 1 aromatic heterocycles. The summed E-state index contributed by atoms with van der Waals surface area (Å²) in [6, 6.07) is 16.5. The Balaban J connectivity index is 1.32. The number of hydrogen-bond acceptors (Lipinski definition) is 3. The van der Waals surface area contributed by atoms with E-state index >= 15 is 0 Å². The van der Waals surface area contributed by atoms with E-state index in [0.717, 1.165) is 61.6 Å². The molecule has 1 saturated heterocycles. The van der Waals surface area contributed by atoms with Crippen molar-refractivity contribution in [2.75, 3.05) is 31.1 Å². The van der Waals surface area contributed by atoms with E-state index in [0.29, 0.717) is 5.92 Å². The summed E-state index contributed by atoms with van der Waals surface area (Å²) in [7, 11) is 0. The van der Waals surface area contributed by atoms with Crippen LogP contribution in [0.2, 0.25) is 0 Å². The van der Waals surface area contributed by atoms with Crippen LogP contribution in [0.4, 0.5) is 5.69 Å². The van der Waals surface area contributed by atoms with E-state index in [1.807, 2.05) is 23.1 Å². The van der Waals surface area contributed by atoms with E-state index in [1.54, 1.807) is 0 Å². The van der Waals surface area contributed by atoms with Gasteiger partial charge in [-0.3, -0.25) is 4.79 Å². The van der Waals surface area contributed by atoms with Gasteiger partial charge in [0.05, 0.1) is 11.0 Å². The molecule has 1 fully saturated rings. The highest BCUT2D eigenvalue weighted by molar-refractivity contribution is 5.97. The molecule has 2 aliphatic rings. The number of amides is 1. The maximum absolute atomic E-state index is 13.1. The highest BCUT2D eigenvalue weighted by Crippen LogP contribution is 2.26. The van der Waals surface area contributed by atoms with Gasteiger partial charge in [-0.2, -0.15) is 0 Å². The van der Waals surface area contributed by atoms with Crippen molar-refractivity contribution in [3.63, 3.8) is 0 Å². The van der Waals surface area contributed by atoms with Crippen LogP contribution in [0.1, 0.15) is 29.5 Å². The zero-order chi connectivity index (χ0) is 19.1. The predicted molar refractivity (Wildman–Crippen MR) is 112 cm³/mol. The molecule has 28 heavy (non-hydrogen) atoms. The van der Waals surface area contributed by atoms with Crippen molar-refractivity contribution in [3.05, 3.63) is 59.9 Å². The van der Waals surface area contributed by atoms with Gasteiger partial charge in [-0.15, -0.1) is 0 Å². The van der Waals surface area contributed by atoms with Crippen LogP contribution in [0.15, 0.2) is 48.5 Å². The van der Waals surface area contributed by atoms with Gasteiger partial charge in [-0.1, -0.05) is 25.1 Å². The van der Waals surface area contributed by atoms with E-state index in [1.165, 1.54) is 12.1 Å². The summed E-state index contributed by atoms with van der Waals surface area (Å²) in [4.78, 5) is 22.2. The van der Waals surface area contributed by atoms with Crippen LogP contribution >= 0.6 is 0 Å². The van der Waals surface area contributed by atoms with E-state index < -0.39 is 0 Å². The molecule has 3 aromatic rings. The molecule has 1 amide bonds. The van der Waals surface area contributed by atoms with Crippen molar-refractivity contribution in [3.8, 4) is 0 Å². The van der Waals surface area contributed by atoms with E-state index in [9.17, 15) is 4.79 Å². The minimum absolute atomic E-state index is 0.119. The van der Waals surface area contributed by atoms with Crippen molar-refractivity contribution in [2.24, 2.45) is 5.92 Å². The molecule has 0 spiro atoms. The van der Waals surface area contributed by atoms with Crippen LogP contribution in [0.5, 0.6) is 0 Å². The van der Waals surface area contributed by atoms with Gasteiger partial charge in [0.1, 0.15) is 5.82 Å². The number of carbonyl (C=O) groups is 1. The van der Waals surface area contributed by atoms with Gasteiger partial charge in [-0.25, -0.2) is 4.98 Å². The van der Waals surface area contributed by atoms with E-state index in [2.05, 4.69) is 46.7 Å². The van der Waals surface area contributed by atoms with Gasteiger partial charge in [0.15, 0.2) is 0 Å². The van der Waals surface area contributed by atoms with Crippen LogP contribution in [-0.4, -0.2) is 46.5 Å². The number of hydrogen-bond donors (Lipinski definition) is 0. The van der Waals surface area contributed by atoms with Gasteiger partial charge in [0, 0.05) is 50.4 Å². The first kappa shape index (κ1) is 17.3. The Hall–Kier alpha value is -2.82. The van der Waals surface area contributed by atoms with E-state index in [4.69, 9.17) is 4.98 Å². The van der Waals surface area contributed by atoms with Crippen LogP contribution in [0.25, 0.3) is 11.0 Å². The number of rotatable bonds is 2. The molecular formula is C23H26N4O. The van der Waals surface area contributed by atoms with Crippen LogP contribution in [0, 0.1) is 5.92 Å². The Morgan fingerprint density at radius 2 is 1.79 bits per heavy atom. The molecule has 2 aliphatic heterocycles. The number of imidazole rings is 1. The van der Waals surface area contributed by atoms with Gasteiger partial charge in [-0.05, 0) is 42.7 Å². The minimum atomic E-state index is 0.119. The number of benzene rings is 2. The first-order valence-corrected chi connectivity index (χ1v) is 10.3. The largest absolute Gasteiger partial charge is 0.368 e. The lowest BCUT2D eigenvalue weighted by Gasteiger charge is -2.36. The Morgan fingerprint density at radius 3 is 2.57 bits per heavy atom. The van der Waals surface area contributed by atoms with Crippen molar-refractivity contribution in [2.45, 2.75) is 26.3 Å². The first-order valence-electron chi connectivity index (χ1n) is 10.3. The molecule has 0 N–H and O–H groups in total. The number of aromatic nitrogens is 2. The molecule has 0 bridgehead atoms. The standard InChI is InChI=1S/C23H26N4O/c1-17-9-10-27-21-8-7-18(16-20(21)24-22(27)15-17)23(28)26-13-11-25(12-14-26)19-5-3-2-4-6-19/h2-8,16-17H,9-15H2,1H3/t17-/m1/s1. The monoisotopic (exact) mass is 374 g/mol. The Morgan fingerprint density at radius 1 is 1.00 bits per heavy atom. The Kier molecular flexibility index (Phi) is 4.30. The highest BCUT2D eigenvalue weighted by atomic mass is 16.2. The third kappa shape index (κ3) is 3.05. The highest BCUT2D eigenvalue weighted by Gasteiger charge is 2.24. The molecular weight excluding hydrogens is 348 g/mol. The molecule has 3 heterocycles. The lowest BCUT2D eigenvalue weighted by Crippen LogP contribution is -2.48. The number of para-hydroxylation sites is 1. The summed E-state index contributed by atoms with van der Waals surface area (Å²) < 4.78 is 2.32. The molecule has 0 unspecified atom stereocenters. The fraction of sp³-hybridized carbons (Fsp3) is 0.391. The predicted octanol–water partition coefficient (Wildman–Crippen LogP) is 3.58. The van der Waals surface area contributed by atoms with Crippen molar-refractivity contribution < 1.29 is 4.79 Å². The van der Waals surface area contributed by atoms with Crippen molar-refractivity contribution >= 4 is 22.6 Å². The molecule has 5 nitrogen and oxygen atoms in total. The quantitative estimate of drug-likeness (QED) is 0.688. The van der Waals surface area contributed by atoms with Gasteiger partial charge in [0.25, 0.3) is 5.91 Å². The number of aryl methyl sites for hydroxylation is 1. The molecule has 0 saturated carbocycles. The first-order chi connectivity index (χ1) is 13.7. The topological polar surface area (TPSA) is 41.4 Å². The molecule has 144 valence electrons. The molecule has 0 aliphatic carbocycles. The maximum atomic E-state index is 13.1. The second-order valence-electron chi connectivity index (χ2n) is 8.10. The van der Waals surface area contributed by atoms with Crippen LogP contribution in [-0.2, 0) is 13.0 Å². The van der Waals surface area contributed by atoms with Crippen molar-refractivity contribution in [1.82, 2.24) is 14.5 Å². The zero-order valence-electron chi connectivity index (χ0n) is 16.3. The maximum Gasteiger partial charge on any atom is 0.254 e. The summed E-state index contributed by atoms with van der Waals surface area (Å²) in [6.07, 6.45) is 2.23. The summed E-state index contributed by atoms with van der Waals surface area (Å²) in [5.74, 6) is 1.97. The fourth-order valence-electron chi connectivity index (χ4n) is 4.47. The number of nitrogens with zero attached hydrogens (tertiary/aromatic N) is 4. The number of fused-ring (bicyclic) bond motifs is 3. The van der Waals surface area contributed by atoms with Crippen LogP contribution < -0.4 is 4.90 Å². The van der Waals surface area contributed by atoms with Gasteiger partial charge >= 0.3 is 0 Å². The normalized spacial score (nSPS) is 19.7. The van der Waals surface area contributed by atoms with Crippen LogP contribution in [0.3, 0.4) is 0 Å². The average Bonchev–Trinajstić information content (AvgIpc) is 3.10. The fourth-order valence-corrected chi connectivity index (χ4v) is 4.47.